The maximum Gasteiger partial charge on any atom is 0.286 e. The number of aromatic nitrogens is 1. The van der Waals surface area contributed by atoms with Crippen LogP contribution < -0.4 is 16.0 Å². The standard InChI is InChI=1S/C14H12ClF2N3O4S/c15-10-5-8(1-2-12(10)25(18,23)24)13(21)19-9-6-11(17)14(22)20(7-9)4-3-16/h1-2,5-7H,3-4H2,(H,19,21)(H2,18,23,24). The molecule has 0 aliphatic rings. The summed E-state index contributed by atoms with van der Waals surface area (Å²) in [5.74, 6) is -1.90. The first-order chi connectivity index (χ1) is 11.6. The minimum Gasteiger partial charge on any atom is -0.321 e. The van der Waals surface area contributed by atoms with Gasteiger partial charge in [0.2, 0.25) is 10.0 Å². The molecule has 3 N–H and O–H groups in total. The molecule has 1 aromatic carbocycles. The summed E-state index contributed by atoms with van der Waals surface area (Å²) in [6.45, 7) is -1.25. The van der Waals surface area contributed by atoms with Crippen LogP contribution in [-0.4, -0.2) is 25.6 Å². The third kappa shape index (κ3) is 4.41. The molecule has 0 saturated heterocycles. The van der Waals surface area contributed by atoms with Crippen LogP contribution >= 0.6 is 11.6 Å². The number of aryl methyl sites for hydroxylation is 1. The molecule has 25 heavy (non-hydrogen) atoms. The molecular weight excluding hydrogens is 380 g/mol. The van der Waals surface area contributed by atoms with Crippen LogP contribution in [0, 0.1) is 5.82 Å². The Morgan fingerprint density at radius 3 is 2.56 bits per heavy atom. The van der Waals surface area contributed by atoms with Gasteiger partial charge in [0, 0.05) is 17.8 Å². The topological polar surface area (TPSA) is 111 Å². The Balaban J connectivity index is 2.31. The molecule has 0 atom stereocenters. The Hall–Kier alpha value is -2.30. The van der Waals surface area contributed by atoms with Crippen LogP contribution in [0.4, 0.5) is 14.5 Å². The van der Waals surface area contributed by atoms with E-state index >= 15 is 0 Å². The lowest BCUT2D eigenvalue weighted by Gasteiger charge is -2.10. The molecule has 11 heteroatoms. The lowest BCUT2D eigenvalue weighted by atomic mass is 10.2. The number of hydrogen-bond donors (Lipinski definition) is 2. The molecule has 1 aromatic heterocycles. The number of rotatable bonds is 5. The number of benzene rings is 1. The quantitative estimate of drug-likeness (QED) is 0.804. The van der Waals surface area contributed by atoms with E-state index in [2.05, 4.69) is 5.32 Å². The van der Waals surface area contributed by atoms with Crippen molar-refractivity contribution < 1.29 is 22.0 Å². The average molecular weight is 392 g/mol. The van der Waals surface area contributed by atoms with Crippen molar-refractivity contribution in [2.24, 2.45) is 5.14 Å². The van der Waals surface area contributed by atoms with Gasteiger partial charge in [0.15, 0.2) is 5.82 Å². The third-order valence-corrected chi connectivity index (χ3v) is 4.52. The number of pyridine rings is 1. The zero-order valence-corrected chi connectivity index (χ0v) is 14.1. The van der Waals surface area contributed by atoms with Gasteiger partial charge in [0.1, 0.15) is 11.6 Å². The van der Waals surface area contributed by atoms with Gasteiger partial charge in [-0.3, -0.25) is 9.59 Å². The number of anilines is 1. The van der Waals surface area contributed by atoms with Gasteiger partial charge in [0.25, 0.3) is 11.5 Å². The summed E-state index contributed by atoms with van der Waals surface area (Å²) < 4.78 is 49.3. The minimum absolute atomic E-state index is 0.0268. The number of carbonyl (C=O) groups excluding carboxylic acids is 1. The van der Waals surface area contributed by atoms with Gasteiger partial charge in [-0.25, -0.2) is 22.3 Å². The number of hydrogen-bond acceptors (Lipinski definition) is 4. The van der Waals surface area contributed by atoms with E-state index in [-0.39, 0.29) is 27.7 Å². The van der Waals surface area contributed by atoms with E-state index in [1.165, 1.54) is 0 Å². The molecule has 0 spiro atoms. The first-order valence-corrected chi connectivity index (χ1v) is 8.65. The maximum absolute atomic E-state index is 13.6. The highest BCUT2D eigenvalue weighted by atomic mass is 35.5. The van der Waals surface area contributed by atoms with Gasteiger partial charge >= 0.3 is 0 Å². The fourth-order valence-electron chi connectivity index (χ4n) is 2.00. The van der Waals surface area contributed by atoms with Crippen molar-refractivity contribution in [3.8, 4) is 0 Å². The van der Waals surface area contributed by atoms with Crippen LogP contribution in [0.25, 0.3) is 0 Å². The molecule has 7 nitrogen and oxygen atoms in total. The minimum atomic E-state index is -4.04. The number of nitrogens with two attached hydrogens (primary N) is 1. The molecule has 0 aliphatic heterocycles. The van der Waals surface area contributed by atoms with Crippen molar-refractivity contribution in [2.75, 3.05) is 12.0 Å². The number of nitrogens with one attached hydrogen (secondary N) is 1. The molecule has 134 valence electrons. The summed E-state index contributed by atoms with van der Waals surface area (Å²) in [7, 11) is -4.04. The second-order valence-electron chi connectivity index (χ2n) is 4.91. The number of primary sulfonamides is 1. The molecule has 2 rings (SSSR count). The van der Waals surface area contributed by atoms with E-state index in [0.717, 1.165) is 35.0 Å². The number of sulfonamides is 1. The Labute approximate surface area is 146 Å². The van der Waals surface area contributed by atoms with E-state index in [9.17, 15) is 26.8 Å². The lowest BCUT2D eigenvalue weighted by Crippen LogP contribution is -2.25. The van der Waals surface area contributed by atoms with Crippen molar-refractivity contribution >= 4 is 33.2 Å². The predicted octanol–water partition coefficient (Wildman–Crippen LogP) is 1.51. The molecule has 0 unspecified atom stereocenters. The Bertz CT molecular complexity index is 992. The highest BCUT2D eigenvalue weighted by molar-refractivity contribution is 7.89. The fourth-order valence-corrected chi connectivity index (χ4v) is 3.09. The lowest BCUT2D eigenvalue weighted by molar-refractivity contribution is 0.102. The number of alkyl halides is 1. The van der Waals surface area contributed by atoms with Gasteiger partial charge in [-0.2, -0.15) is 0 Å². The third-order valence-electron chi connectivity index (χ3n) is 3.13. The first kappa shape index (κ1) is 19.0. The Morgan fingerprint density at radius 1 is 1.32 bits per heavy atom. The van der Waals surface area contributed by atoms with Crippen LogP contribution in [0.1, 0.15) is 10.4 Å². The number of nitrogens with zero attached hydrogens (tertiary/aromatic N) is 1. The van der Waals surface area contributed by atoms with Crippen LogP contribution in [0.3, 0.4) is 0 Å². The molecule has 0 bridgehead atoms. The predicted molar refractivity (Wildman–Crippen MR) is 87.4 cm³/mol. The second kappa shape index (κ2) is 7.30. The van der Waals surface area contributed by atoms with Crippen LogP contribution in [0.2, 0.25) is 5.02 Å². The van der Waals surface area contributed by atoms with Crippen LogP contribution in [0.15, 0.2) is 40.2 Å². The first-order valence-electron chi connectivity index (χ1n) is 6.73. The van der Waals surface area contributed by atoms with Gasteiger partial charge in [-0.1, -0.05) is 11.6 Å². The zero-order valence-electron chi connectivity index (χ0n) is 12.5. The summed E-state index contributed by atoms with van der Waals surface area (Å²) in [6, 6.07) is 4.08. The van der Waals surface area contributed by atoms with E-state index in [0.29, 0.717) is 0 Å². The zero-order chi connectivity index (χ0) is 18.8. The molecule has 1 amide bonds. The summed E-state index contributed by atoms with van der Waals surface area (Å²) in [5, 5.41) is 7.02. The van der Waals surface area contributed by atoms with Gasteiger partial charge in [-0.15, -0.1) is 0 Å². The summed E-state index contributed by atoms with van der Waals surface area (Å²) in [5.41, 5.74) is -1.13. The summed E-state index contributed by atoms with van der Waals surface area (Å²) in [6.07, 6.45) is 1.09. The van der Waals surface area contributed by atoms with E-state index in [1.807, 2.05) is 0 Å². The molecular formula is C14H12ClF2N3O4S. The molecule has 0 aliphatic carbocycles. The number of halogens is 3. The van der Waals surface area contributed by atoms with Crippen molar-refractivity contribution in [1.29, 1.82) is 0 Å². The SMILES string of the molecule is NS(=O)(=O)c1ccc(C(=O)Nc2cc(F)c(=O)n(CCF)c2)cc1Cl. The largest absolute Gasteiger partial charge is 0.321 e. The monoisotopic (exact) mass is 391 g/mol. The van der Waals surface area contributed by atoms with E-state index in [1.54, 1.807) is 0 Å². The molecule has 0 radical (unpaired) electrons. The van der Waals surface area contributed by atoms with Gasteiger partial charge in [-0.05, 0) is 18.2 Å². The van der Waals surface area contributed by atoms with Crippen molar-refractivity contribution in [1.82, 2.24) is 4.57 Å². The molecule has 1 heterocycles. The van der Waals surface area contributed by atoms with Crippen molar-refractivity contribution in [2.45, 2.75) is 11.4 Å². The van der Waals surface area contributed by atoms with E-state index < -0.39 is 34.0 Å². The second-order valence-corrected chi connectivity index (χ2v) is 6.85. The van der Waals surface area contributed by atoms with E-state index in [4.69, 9.17) is 16.7 Å². The van der Waals surface area contributed by atoms with Crippen molar-refractivity contribution in [3.63, 3.8) is 0 Å². The fraction of sp³-hybridized carbons (Fsp3) is 0.143. The Morgan fingerprint density at radius 2 is 2.00 bits per heavy atom. The normalized spacial score (nSPS) is 11.4. The Kier molecular flexibility index (Phi) is 5.55. The van der Waals surface area contributed by atoms with Gasteiger partial charge < -0.3 is 9.88 Å². The maximum atomic E-state index is 13.6. The van der Waals surface area contributed by atoms with Crippen molar-refractivity contribution in [3.05, 3.63) is 57.2 Å². The summed E-state index contributed by atoms with van der Waals surface area (Å²) in [4.78, 5) is 23.3. The van der Waals surface area contributed by atoms with Crippen LogP contribution in [0.5, 0.6) is 0 Å². The summed E-state index contributed by atoms with van der Waals surface area (Å²) >= 11 is 5.79. The number of carbonyl (C=O) groups is 1. The molecule has 0 fully saturated rings. The number of amides is 1. The highest BCUT2D eigenvalue weighted by Crippen LogP contribution is 2.22. The van der Waals surface area contributed by atoms with Gasteiger partial charge in [0.05, 0.1) is 17.3 Å². The average Bonchev–Trinajstić information content (AvgIpc) is 2.51. The highest BCUT2D eigenvalue weighted by Gasteiger charge is 2.16. The van der Waals surface area contributed by atoms with Crippen LogP contribution in [-0.2, 0) is 16.6 Å². The molecule has 0 saturated carbocycles. The molecule has 2 aromatic rings. The smallest absolute Gasteiger partial charge is 0.286 e.